The summed E-state index contributed by atoms with van der Waals surface area (Å²) in [5.41, 5.74) is 2.03. The Hall–Kier alpha value is -1.90. The average molecular weight is 201 g/mol. The molecule has 0 amide bonds. The van der Waals surface area contributed by atoms with Gasteiger partial charge in [-0.25, -0.2) is 0 Å². The lowest BCUT2D eigenvalue weighted by Crippen LogP contribution is -2.24. The van der Waals surface area contributed by atoms with Crippen LogP contribution in [-0.4, -0.2) is 18.1 Å². The molecule has 3 nitrogen and oxygen atoms in total. The number of fused-ring (bicyclic) bond motifs is 1. The van der Waals surface area contributed by atoms with Crippen LogP contribution in [0.15, 0.2) is 30.3 Å². The van der Waals surface area contributed by atoms with Crippen molar-refractivity contribution in [1.29, 1.82) is 0 Å². The van der Waals surface area contributed by atoms with Gasteiger partial charge >= 0.3 is 0 Å². The molecule has 0 saturated heterocycles. The zero-order valence-corrected chi connectivity index (χ0v) is 8.41. The smallest absolute Gasteiger partial charge is 0.233 e. The third kappa shape index (κ3) is 1.56. The largest absolute Gasteiger partial charge is 0.385 e. The molecule has 0 aliphatic heterocycles. The number of nitrogens with one attached hydrogen (secondary N) is 1. The molecule has 1 aliphatic rings. The Morgan fingerprint density at radius 1 is 1.13 bits per heavy atom. The summed E-state index contributed by atoms with van der Waals surface area (Å²) >= 11 is 0. The summed E-state index contributed by atoms with van der Waals surface area (Å²) in [6.45, 7) is 2.67. The van der Waals surface area contributed by atoms with Crippen LogP contribution < -0.4 is 5.32 Å². The number of carbonyl (C=O) groups is 2. The minimum absolute atomic E-state index is 0.424. The van der Waals surface area contributed by atoms with E-state index in [9.17, 15) is 9.59 Å². The summed E-state index contributed by atoms with van der Waals surface area (Å²) in [6.07, 6.45) is 1.37. The van der Waals surface area contributed by atoms with Crippen LogP contribution in [-0.2, 0) is 4.79 Å². The molecular formula is C12H11NO2. The normalized spacial score (nSPS) is 14.6. The first-order valence-corrected chi connectivity index (χ1v) is 4.87. The first-order valence-electron chi connectivity index (χ1n) is 4.87. The molecule has 0 radical (unpaired) electrons. The average Bonchev–Trinajstić information content (AvgIpc) is 2.26. The van der Waals surface area contributed by atoms with Crippen molar-refractivity contribution in [2.24, 2.45) is 0 Å². The molecule has 0 aromatic heterocycles. The molecule has 0 saturated carbocycles. The molecule has 76 valence electrons. The Morgan fingerprint density at radius 3 is 2.47 bits per heavy atom. The van der Waals surface area contributed by atoms with Crippen molar-refractivity contribution in [3.05, 3.63) is 41.5 Å². The van der Waals surface area contributed by atoms with E-state index >= 15 is 0 Å². The van der Waals surface area contributed by atoms with Crippen LogP contribution in [0.1, 0.15) is 22.8 Å². The van der Waals surface area contributed by atoms with E-state index in [0.717, 1.165) is 17.8 Å². The minimum atomic E-state index is -0.454. The fourth-order valence-electron chi connectivity index (χ4n) is 1.66. The molecule has 1 aliphatic carbocycles. The van der Waals surface area contributed by atoms with E-state index < -0.39 is 11.6 Å². The summed E-state index contributed by atoms with van der Waals surface area (Å²) in [6, 6.07) is 7.14. The SMILES string of the molecule is CCNC1=CC(=O)C(=O)c2ccccc21. The highest BCUT2D eigenvalue weighted by molar-refractivity contribution is 6.50. The molecule has 1 aromatic carbocycles. The topological polar surface area (TPSA) is 46.2 Å². The van der Waals surface area contributed by atoms with Crippen LogP contribution >= 0.6 is 0 Å². The number of hydrogen-bond donors (Lipinski definition) is 1. The number of ketones is 2. The van der Waals surface area contributed by atoms with Gasteiger partial charge in [0, 0.05) is 29.4 Å². The van der Waals surface area contributed by atoms with Crippen molar-refractivity contribution in [2.75, 3.05) is 6.54 Å². The summed E-state index contributed by atoms with van der Waals surface area (Å²) in [5.74, 6) is -0.878. The molecule has 0 atom stereocenters. The van der Waals surface area contributed by atoms with Crippen molar-refractivity contribution in [3.63, 3.8) is 0 Å². The van der Waals surface area contributed by atoms with Gasteiger partial charge in [0.15, 0.2) is 0 Å². The maximum Gasteiger partial charge on any atom is 0.233 e. The zero-order valence-electron chi connectivity index (χ0n) is 8.41. The van der Waals surface area contributed by atoms with Crippen molar-refractivity contribution in [3.8, 4) is 0 Å². The maximum atomic E-state index is 11.5. The minimum Gasteiger partial charge on any atom is -0.385 e. The Labute approximate surface area is 87.8 Å². The molecule has 3 heteroatoms. The third-order valence-electron chi connectivity index (χ3n) is 2.33. The van der Waals surface area contributed by atoms with E-state index in [-0.39, 0.29) is 0 Å². The van der Waals surface area contributed by atoms with Crippen LogP contribution in [0.3, 0.4) is 0 Å². The number of allylic oxidation sites excluding steroid dienone is 1. The van der Waals surface area contributed by atoms with Crippen LogP contribution in [0.25, 0.3) is 5.70 Å². The Bertz CT molecular complexity index is 460. The molecular weight excluding hydrogens is 190 g/mol. The zero-order chi connectivity index (χ0) is 10.8. The second-order valence-electron chi connectivity index (χ2n) is 3.33. The van der Waals surface area contributed by atoms with E-state index in [0.29, 0.717) is 5.56 Å². The van der Waals surface area contributed by atoms with Gasteiger partial charge in [-0.1, -0.05) is 24.3 Å². The van der Waals surface area contributed by atoms with Gasteiger partial charge in [-0.2, -0.15) is 0 Å². The van der Waals surface area contributed by atoms with E-state index in [1.807, 2.05) is 19.1 Å². The second-order valence-corrected chi connectivity index (χ2v) is 3.33. The van der Waals surface area contributed by atoms with Crippen LogP contribution in [0.5, 0.6) is 0 Å². The first kappa shape index (κ1) is 9.65. The number of hydrogen-bond acceptors (Lipinski definition) is 3. The fourth-order valence-corrected chi connectivity index (χ4v) is 1.66. The molecule has 15 heavy (non-hydrogen) atoms. The lowest BCUT2D eigenvalue weighted by atomic mass is 9.93. The molecule has 0 unspecified atom stereocenters. The molecule has 1 aromatic rings. The predicted molar refractivity (Wildman–Crippen MR) is 57.4 cm³/mol. The monoisotopic (exact) mass is 201 g/mol. The van der Waals surface area contributed by atoms with E-state index in [4.69, 9.17) is 0 Å². The first-order chi connectivity index (χ1) is 7.24. The highest BCUT2D eigenvalue weighted by Crippen LogP contribution is 2.22. The van der Waals surface area contributed by atoms with Gasteiger partial charge in [0.2, 0.25) is 11.6 Å². The van der Waals surface area contributed by atoms with Crippen LogP contribution in [0, 0.1) is 0 Å². The standard InChI is InChI=1S/C12H11NO2/c1-2-13-10-7-11(14)12(15)9-6-4-3-5-8(9)10/h3-7,13H,2H2,1H3. The van der Waals surface area contributed by atoms with Gasteiger partial charge < -0.3 is 5.32 Å². The molecule has 2 rings (SSSR count). The number of benzene rings is 1. The summed E-state index contributed by atoms with van der Waals surface area (Å²) in [4.78, 5) is 22.9. The predicted octanol–water partition coefficient (Wildman–Crippen LogP) is 1.40. The number of rotatable bonds is 2. The van der Waals surface area contributed by atoms with Gasteiger partial charge in [-0.05, 0) is 6.92 Å². The van der Waals surface area contributed by atoms with Crippen LogP contribution in [0.4, 0.5) is 0 Å². The van der Waals surface area contributed by atoms with Gasteiger partial charge in [0.25, 0.3) is 0 Å². The highest BCUT2D eigenvalue weighted by Gasteiger charge is 2.24. The number of Topliss-reactive ketones (excluding diaryl/α,β-unsaturated/α-hetero) is 1. The van der Waals surface area contributed by atoms with Crippen molar-refractivity contribution < 1.29 is 9.59 Å². The third-order valence-corrected chi connectivity index (χ3v) is 2.33. The Morgan fingerprint density at radius 2 is 1.80 bits per heavy atom. The van der Waals surface area contributed by atoms with Gasteiger partial charge in [-0.15, -0.1) is 0 Å². The highest BCUT2D eigenvalue weighted by atomic mass is 16.2. The number of carbonyl (C=O) groups excluding carboxylic acids is 2. The van der Waals surface area contributed by atoms with E-state index in [1.165, 1.54) is 6.08 Å². The molecule has 0 spiro atoms. The maximum absolute atomic E-state index is 11.5. The van der Waals surface area contributed by atoms with E-state index in [1.54, 1.807) is 12.1 Å². The van der Waals surface area contributed by atoms with Crippen molar-refractivity contribution >= 4 is 17.3 Å². The van der Waals surface area contributed by atoms with Gasteiger partial charge in [-0.3, -0.25) is 9.59 Å². The molecule has 0 fully saturated rings. The van der Waals surface area contributed by atoms with Gasteiger partial charge in [0.1, 0.15) is 0 Å². The lowest BCUT2D eigenvalue weighted by molar-refractivity contribution is -0.111. The summed E-state index contributed by atoms with van der Waals surface area (Å²) in [5, 5.41) is 3.08. The van der Waals surface area contributed by atoms with E-state index in [2.05, 4.69) is 5.32 Å². The molecule has 0 heterocycles. The summed E-state index contributed by atoms with van der Waals surface area (Å²) in [7, 11) is 0. The van der Waals surface area contributed by atoms with Crippen molar-refractivity contribution in [2.45, 2.75) is 6.92 Å². The van der Waals surface area contributed by atoms with Crippen LogP contribution in [0.2, 0.25) is 0 Å². The quantitative estimate of drug-likeness (QED) is 0.736. The fraction of sp³-hybridized carbons (Fsp3) is 0.167. The Kier molecular flexibility index (Phi) is 2.37. The summed E-state index contributed by atoms with van der Waals surface area (Å²) < 4.78 is 0. The molecule has 1 N–H and O–H groups in total. The lowest BCUT2D eigenvalue weighted by Gasteiger charge is -2.16. The second kappa shape index (κ2) is 3.69. The molecule has 0 bridgehead atoms. The Balaban J connectivity index is 2.55. The van der Waals surface area contributed by atoms with Gasteiger partial charge in [0.05, 0.1) is 0 Å². The van der Waals surface area contributed by atoms with Crippen molar-refractivity contribution in [1.82, 2.24) is 5.32 Å².